The average molecular weight is 380 g/mol. The molecule has 0 bridgehead atoms. The van der Waals surface area contributed by atoms with Crippen molar-refractivity contribution in [3.63, 3.8) is 0 Å². The predicted molar refractivity (Wildman–Crippen MR) is 106 cm³/mol. The van der Waals surface area contributed by atoms with Crippen LogP contribution in [-0.2, 0) is 4.74 Å². The number of benzene rings is 1. The average Bonchev–Trinajstić information content (AvgIpc) is 2.55. The Kier molecular flexibility index (Phi) is 7.20. The summed E-state index contributed by atoms with van der Waals surface area (Å²) in [6.07, 6.45) is 5.28. The van der Waals surface area contributed by atoms with E-state index in [0.717, 1.165) is 36.3 Å². The molecule has 0 aromatic heterocycles. The van der Waals surface area contributed by atoms with Gasteiger partial charge in [0.15, 0.2) is 0 Å². The fourth-order valence-corrected chi connectivity index (χ4v) is 3.35. The van der Waals surface area contributed by atoms with E-state index in [2.05, 4.69) is 16.0 Å². The van der Waals surface area contributed by atoms with Gasteiger partial charge in [0.05, 0.1) is 12.1 Å². The quantitative estimate of drug-likeness (QED) is 0.679. The molecule has 0 spiro atoms. The maximum absolute atomic E-state index is 12.3. The van der Waals surface area contributed by atoms with Crippen molar-refractivity contribution < 1.29 is 14.3 Å². The summed E-state index contributed by atoms with van der Waals surface area (Å²) in [5.74, 6) is 0. The van der Waals surface area contributed by atoms with Crippen molar-refractivity contribution in [1.29, 1.82) is 0 Å². The molecular weight excluding hydrogens is 350 g/mol. The zero-order chi connectivity index (χ0) is 19.2. The Morgan fingerprint density at radius 1 is 1.04 bits per heavy atom. The number of carbonyl (C=O) groups excluding carboxylic acids is 2. The van der Waals surface area contributed by atoms with Gasteiger partial charge in [0.25, 0.3) is 0 Å². The lowest BCUT2D eigenvalue weighted by Crippen LogP contribution is -2.54. The molecule has 7 heteroatoms. The van der Waals surface area contributed by atoms with Gasteiger partial charge >= 0.3 is 12.1 Å². The summed E-state index contributed by atoms with van der Waals surface area (Å²) in [5, 5.41) is 8.74. The monoisotopic (exact) mass is 379 g/mol. The number of anilines is 1. The van der Waals surface area contributed by atoms with Crippen molar-refractivity contribution in [2.45, 2.75) is 69.0 Å². The Morgan fingerprint density at radius 3 is 2.15 bits per heavy atom. The number of carbonyl (C=O) groups is 2. The zero-order valence-corrected chi connectivity index (χ0v) is 16.7. The van der Waals surface area contributed by atoms with Crippen LogP contribution in [0.4, 0.5) is 15.3 Å². The van der Waals surface area contributed by atoms with E-state index >= 15 is 0 Å². The van der Waals surface area contributed by atoms with Gasteiger partial charge in [-0.3, -0.25) is 0 Å². The van der Waals surface area contributed by atoms with E-state index in [1.807, 2.05) is 51.3 Å². The lowest BCUT2D eigenvalue weighted by Gasteiger charge is -2.33. The van der Waals surface area contributed by atoms with Crippen LogP contribution in [0.2, 0.25) is 0 Å². The molecule has 1 aliphatic carbocycles. The van der Waals surface area contributed by atoms with Crippen LogP contribution in [0.5, 0.6) is 0 Å². The molecule has 0 radical (unpaired) electrons. The largest absolute Gasteiger partial charge is 0.444 e. The van der Waals surface area contributed by atoms with Crippen molar-refractivity contribution in [3.05, 3.63) is 24.3 Å². The van der Waals surface area contributed by atoms with E-state index in [1.165, 1.54) is 0 Å². The topological polar surface area (TPSA) is 79.5 Å². The molecule has 0 heterocycles. The second-order valence-electron chi connectivity index (χ2n) is 7.47. The molecule has 1 aromatic carbocycles. The van der Waals surface area contributed by atoms with Crippen LogP contribution < -0.4 is 16.0 Å². The molecule has 1 aromatic rings. The number of nitrogens with one attached hydrogen (secondary N) is 3. The Balaban J connectivity index is 1.89. The van der Waals surface area contributed by atoms with Crippen LogP contribution in [0.15, 0.2) is 29.2 Å². The minimum absolute atomic E-state index is 0.110. The highest BCUT2D eigenvalue weighted by Crippen LogP contribution is 2.20. The summed E-state index contributed by atoms with van der Waals surface area (Å²) >= 11 is 1.65. The summed E-state index contributed by atoms with van der Waals surface area (Å²) in [4.78, 5) is 25.5. The van der Waals surface area contributed by atoms with Crippen LogP contribution in [0.25, 0.3) is 0 Å². The maximum Gasteiger partial charge on any atom is 0.407 e. The smallest absolute Gasteiger partial charge is 0.407 e. The zero-order valence-electron chi connectivity index (χ0n) is 15.9. The van der Waals surface area contributed by atoms with Gasteiger partial charge in [0, 0.05) is 10.6 Å². The number of hydrogen-bond donors (Lipinski definition) is 3. The number of rotatable bonds is 4. The Morgan fingerprint density at radius 2 is 1.62 bits per heavy atom. The third-order valence-corrected chi connectivity index (χ3v) is 4.88. The van der Waals surface area contributed by atoms with Gasteiger partial charge in [-0.2, -0.15) is 0 Å². The summed E-state index contributed by atoms with van der Waals surface area (Å²) in [7, 11) is 0. The predicted octanol–water partition coefficient (Wildman–Crippen LogP) is 4.37. The van der Waals surface area contributed by atoms with E-state index < -0.39 is 11.7 Å². The van der Waals surface area contributed by atoms with Gasteiger partial charge < -0.3 is 20.7 Å². The highest BCUT2D eigenvalue weighted by Gasteiger charge is 2.29. The number of amides is 3. The molecule has 26 heavy (non-hydrogen) atoms. The summed E-state index contributed by atoms with van der Waals surface area (Å²) < 4.78 is 5.33. The first kappa shape index (κ1) is 20.4. The Hall–Kier alpha value is -1.89. The van der Waals surface area contributed by atoms with E-state index in [-0.39, 0.29) is 18.1 Å². The summed E-state index contributed by atoms with van der Waals surface area (Å²) in [6, 6.07) is 7.20. The number of ether oxygens (including phenoxy) is 1. The van der Waals surface area contributed by atoms with Gasteiger partial charge in [-0.25, -0.2) is 9.59 Å². The molecule has 3 N–H and O–H groups in total. The first-order chi connectivity index (χ1) is 12.3. The lowest BCUT2D eigenvalue weighted by molar-refractivity contribution is 0.0481. The maximum atomic E-state index is 12.3. The second-order valence-corrected chi connectivity index (χ2v) is 8.35. The van der Waals surface area contributed by atoms with Gasteiger partial charge in [0.2, 0.25) is 0 Å². The molecule has 2 atom stereocenters. The molecule has 3 amide bonds. The van der Waals surface area contributed by atoms with Crippen LogP contribution in [-0.4, -0.2) is 36.1 Å². The van der Waals surface area contributed by atoms with Gasteiger partial charge in [-0.15, -0.1) is 11.8 Å². The highest BCUT2D eigenvalue weighted by molar-refractivity contribution is 7.98. The van der Waals surface area contributed by atoms with Crippen molar-refractivity contribution in [2.75, 3.05) is 11.6 Å². The Bertz CT molecular complexity index is 613. The molecule has 0 unspecified atom stereocenters. The highest BCUT2D eigenvalue weighted by atomic mass is 32.2. The van der Waals surface area contributed by atoms with Crippen LogP contribution in [0.1, 0.15) is 46.5 Å². The van der Waals surface area contributed by atoms with E-state index in [0.29, 0.717) is 0 Å². The molecule has 0 saturated heterocycles. The van der Waals surface area contributed by atoms with Gasteiger partial charge in [0.1, 0.15) is 5.60 Å². The lowest BCUT2D eigenvalue weighted by atomic mass is 9.90. The molecule has 144 valence electrons. The normalized spacial score (nSPS) is 20.2. The molecular formula is C19H29N3O3S. The molecule has 1 saturated carbocycles. The fraction of sp³-hybridized carbons (Fsp3) is 0.579. The van der Waals surface area contributed by atoms with Crippen molar-refractivity contribution in [3.8, 4) is 0 Å². The number of hydrogen-bond acceptors (Lipinski definition) is 4. The standard InChI is InChI=1S/C19H29N3O3S/c1-19(2,3)25-18(24)22-16-8-6-5-7-15(16)21-17(23)20-13-9-11-14(26-4)12-10-13/h9-12,15-16H,5-8H2,1-4H3,(H,22,24)(H2,20,21,23)/t15-,16-/m0/s1. The molecule has 1 aliphatic rings. The first-order valence-electron chi connectivity index (χ1n) is 8.98. The molecule has 0 aliphatic heterocycles. The van der Waals surface area contributed by atoms with Crippen molar-refractivity contribution >= 4 is 29.6 Å². The van der Waals surface area contributed by atoms with Crippen LogP contribution in [0.3, 0.4) is 0 Å². The third kappa shape index (κ3) is 6.78. The number of thioether (sulfide) groups is 1. The number of alkyl carbamates (subject to hydrolysis) is 1. The third-order valence-electron chi connectivity index (χ3n) is 4.13. The molecule has 6 nitrogen and oxygen atoms in total. The van der Waals surface area contributed by atoms with E-state index in [4.69, 9.17) is 4.74 Å². The van der Waals surface area contributed by atoms with Crippen molar-refractivity contribution in [1.82, 2.24) is 10.6 Å². The fourth-order valence-electron chi connectivity index (χ4n) is 2.95. The van der Waals surface area contributed by atoms with Gasteiger partial charge in [-0.05, 0) is 64.1 Å². The van der Waals surface area contributed by atoms with Gasteiger partial charge in [-0.1, -0.05) is 12.8 Å². The summed E-state index contributed by atoms with van der Waals surface area (Å²) in [5.41, 5.74) is 0.204. The van der Waals surface area contributed by atoms with Crippen LogP contribution >= 0.6 is 11.8 Å². The van der Waals surface area contributed by atoms with E-state index in [1.54, 1.807) is 11.8 Å². The van der Waals surface area contributed by atoms with E-state index in [9.17, 15) is 9.59 Å². The second kappa shape index (κ2) is 9.16. The first-order valence-corrected chi connectivity index (χ1v) is 10.2. The van der Waals surface area contributed by atoms with Crippen LogP contribution in [0, 0.1) is 0 Å². The minimum atomic E-state index is -0.540. The minimum Gasteiger partial charge on any atom is -0.444 e. The SMILES string of the molecule is CSc1ccc(NC(=O)N[C@H]2CCCC[C@@H]2NC(=O)OC(C)(C)C)cc1. The van der Waals surface area contributed by atoms with Crippen molar-refractivity contribution in [2.24, 2.45) is 0 Å². The summed E-state index contributed by atoms with van der Waals surface area (Å²) in [6.45, 7) is 5.50. The number of urea groups is 1. The Labute approximate surface area is 159 Å². The molecule has 2 rings (SSSR count). The molecule has 1 fully saturated rings.